The standard InChI is InChI=1S/C18H26N2O/c1-17(2,3)15-7-5-14(6-8-15)16(21)20-12-4-9-18(20)10-11-19-13-18/h5-8,19H,4,9-13H2,1-3H3. The fourth-order valence-corrected chi connectivity index (χ4v) is 3.70. The van der Waals surface area contributed by atoms with Gasteiger partial charge in [0.2, 0.25) is 0 Å². The third-order valence-electron chi connectivity index (χ3n) is 5.06. The molecule has 0 bridgehead atoms. The third-order valence-corrected chi connectivity index (χ3v) is 5.06. The molecule has 2 saturated heterocycles. The Balaban J connectivity index is 1.82. The highest BCUT2D eigenvalue weighted by Gasteiger charge is 2.45. The molecule has 3 nitrogen and oxygen atoms in total. The summed E-state index contributed by atoms with van der Waals surface area (Å²) in [5.74, 6) is 0.205. The van der Waals surface area contributed by atoms with Crippen LogP contribution in [0.25, 0.3) is 0 Å². The lowest BCUT2D eigenvalue weighted by Crippen LogP contribution is -2.48. The lowest BCUT2D eigenvalue weighted by Gasteiger charge is -2.34. The average Bonchev–Trinajstić information content (AvgIpc) is 3.08. The molecule has 21 heavy (non-hydrogen) atoms. The van der Waals surface area contributed by atoms with Crippen LogP contribution in [0.2, 0.25) is 0 Å². The van der Waals surface area contributed by atoms with Gasteiger partial charge in [-0.05, 0) is 48.9 Å². The van der Waals surface area contributed by atoms with E-state index in [9.17, 15) is 4.79 Å². The van der Waals surface area contributed by atoms with Crippen LogP contribution >= 0.6 is 0 Å². The van der Waals surface area contributed by atoms with Gasteiger partial charge in [-0.25, -0.2) is 0 Å². The minimum Gasteiger partial charge on any atom is -0.332 e. The molecule has 0 aliphatic carbocycles. The van der Waals surface area contributed by atoms with Crippen molar-refractivity contribution in [3.8, 4) is 0 Å². The monoisotopic (exact) mass is 286 g/mol. The van der Waals surface area contributed by atoms with Crippen LogP contribution in [0.15, 0.2) is 24.3 Å². The number of carbonyl (C=O) groups is 1. The summed E-state index contributed by atoms with van der Waals surface area (Å²) in [4.78, 5) is 15.0. The van der Waals surface area contributed by atoms with Crippen molar-refractivity contribution in [1.29, 1.82) is 0 Å². The maximum Gasteiger partial charge on any atom is 0.254 e. The minimum absolute atomic E-state index is 0.0831. The van der Waals surface area contributed by atoms with E-state index in [4.69, 9.17) is 0 Å². The van der Waals surface area contributed by atoms with Crippen LogP contribution < -0.4 is 5.32 Å². The Morgan fingerprint density at radius 3 is 2.48 bits per heavy atom. The number of hydrogen-bond acceptors (Lipinski definition) is 2. The molecule has 1 unspecified atom stereocenters. The summed E-state index contributed by atoms with van der Waals surface area (Å²) in [6.45, 7) is 9.49. The van der Waals surface area contributed by atoms with E-state index in [0.29, 0.717) is 0 Å². The van der Waals surface area contributed by atoms with Crippen molar-refractivity contribution in [1.82, 2.24) is 10.2 Å². The second kappa shape index (κ2) is 5.13. The number of hydrogen-bond donors (Lipinski definition) is 1. The van der Waals surface area contributed by atoms with Crippen LogP contribution in [0, 0.1) is 0 Å². The van der Waals surface area contributed by atoms with Gasteiger partial charge >= 0.3 is 0 Å². The topological polar surface area (TPSA) is 32.3 Å². The quantitative estimate of drug-likeness (QED) is 0.861. The second-order valence-corrected chi connectivity index (χ2v) is 7.54. The molecule has 2 fully saturated rings. The number of carbonyl (C=O) groups excluding carboxylic acids is 1. The Hall–Kier alpha value is -1.35. The van der Waals surface area contributed by atoms with E-state index in [2.05, 4.69) is 43.1 Å². The first-order chi connectivity index (χ1) is 9.92. The maximum atomic E-state index is 12.9. The molecule has 1 N–H and O–H groups in total. The Labute approximate surface area is 127 Å². The van der Waals surface area contributed by atoms with Crippen molar-refractivity contribution in [2.45, 2.75) is 51.0 Å². The molecule has 0 aromatic heterocycles. The van der Waals surface area contributed by atoms with Crippen LogP contribution in [0.1, 0.15) is 56.0 Å². The normalized spacial score (nSPS) is 25.8. The molecule has 2 aliphatic heterocycles. The molecule has 0 saturated carbocycles. The van der Waals surface area contributed by atoms with Crippen molar-refractivity contribution in [3.63, 3.8) is 0 Å². The van der Waals surface area contributed by atoms with Gasteiger partial charge in [-0.2, -0.15) is 0 Å². The Morgan fingerprint density at radius 2 is 1.90 bits per heavy atom. The molecule has 1 spiro atoms. The Bertz CT molecular complexity index is 516. The summed E-state index contributed by atoms with van der Waals surface area (Å²) < 4.78 is 0. The van der Waals surface area contributed by atoms with Crippen LogP contribution in [-0.4, -0.2) is 36.0 Å². The predicted molar refractivity (Wildman–Crippen MR) is 85.6 cm³/mol. The highest BCUT2D eigenvalue weighted by atomic mass is 16.2. The van der Waals surface area contributed by atoms with Crippen molar-refractivity contribution in [2.24, 2.45) is 0 Å². The molecular weight excluding hydrogens is 260 g/mol. The van der Waals surface area contributed by atoms with E-state index in [1.165, 1.54) is 5.56 Å². The lowest BCUT2D eigenvalue weighted by atomic mass is 9.86. The van der Waals surface area contributed by atoms with E-state index in [1.54, 1.807) is 0 Å². The van der Waals surface area contributed by atoms with Crippen molar-refractivity contribution in [2.75, 3.05) is 19.6 Å². The predicted octanol–water partition coefficient (Wildman–Crippen LogP) is 2.95. The molecule has 1 atom stereocenters. The zero-order valence-electron chi connectivity index (χ0n) is 13.4. The summed E-state index contributed by atoms with van der Waals surface area (Å²) in [5, 5.41) is 3.43. The first kappa shape index (κ1) is 14.6. The SMILES string of the molecule is CC(C)(C)c1ccc(C(=O)N2CCCC23CCNC3)cc1. The minimum atomic E-state index is 0.0831. The van der Waals surface area contributed by atoms with E-state index in [0.717, 1.165) is 44.5 Å². The van der Waals surface area contributed by atoms with Gasteiger partial charge in [-0.1, -0.05) is 32.9 Å². The summed E-state index contributed by atoms with van der Waals surface area (Å²) in [6.07, 6.45) is 3.37. The van der Waals surface area contributed by atoms with E-state index < -0.39 is 0 Å². The van der Waals surface area contributed by atoms with Crippen molar-refractivity contribution < 1.29 is 4.79 Å². The molecule has 2 aliphatic rings. The summed E-state index contributed by atoms with van der Waals surface area (Å²) in [5.41, 5.74) is 2.32. The molecule has 3 heteroatoms. The molecule has 114 valence electrons. The fraction of sp³-hybridized carbons (Fsp3) is 0.611. The van der Waals surface area contributed by atoms with Gasteiger partial charge in [0.1, 0.15) is 0 Å². The van der Waals surface area contributed by atoms with Crippen LogP contribution in [0.5, 0.6) is 0 Å². The molecule has 3 rings (SSSR count). The van der Waals surface area contributed by atoms with Gasteiger partial charge in [0.05, 0.1) is 5.54 Å². The third kappa shape index (κ3) is 2.59. The molecular formula is C18H26N2O. The second-order valence-electron chi connectivity index (χ2n) is 7.54. The molecule has 1 aromatic carbocycles. The van der Waals surface area contributed by atoms with Gasteiger partial charge in [0.25, 0.3) is 5.91 Å². The number of nitrogens with zero attached hydrogens (tertiary/aromatic N) is 1. The summed E-state index contributed by atoms with van der Waals surface area (Å²) in [6, 6.07) is 8.19. The van der Waals surface area contributed by atoms with Gasteiger partial charge in [0.15, 0.2) is 0 Å². The molecule has 1 amide bonds. The van der Waals surface area contributed by atoms with Crippen LogP contribution in [0.4, 0.5) is 0 Å². The van der Waals surface area contributed by atoms with E-state index in [1.807, 2.05) is 12.1 Å². The first-order valence-electron chi connectivity index (χ1n) is 8.06. The zero-order valence-corrected chi connectivity index (χ0v) is 13.4. The highest BCUT2D eigenvalue weighted by Crippen LogP contribution is 2.35. The van der Waals surface area contributed by atoms with Crippen molar-refractivity contribution in [3.05, 3.63) is 35.4 Å². The van der Waals surface area contributed by atoms with Gasteiger partial charge < -0.3 is 10.2 Å². The summed E-state index contributed by atoms with van der Waals surface area (Å²) in [7, 11) is 0. The molecule has 1 aromatic rings. The number of nitrogens with one attached hydrogen (secondary N) is 1. The van der Waals surface area contributed by atoms with Gasteiger partial charge in [0, 0.05) is 18.7 Å². The number of amides is 1. The summed E-state index contributed by atoms with van der Waals surface area (Å²) >= 11 is 0. The Kier molecular flexibility index (Phi) is 3.56. The number of benzene rings is 1. The van der Waals surface area contributed by atoms with Crippen LogP contribution in [-0.2, 0) is 5.41 Å². The molecule has 2 heterocycles. The number of likely N-dealkylation sites (tertiary alicyclic amines) is 1. The average molecular weight is 286 g/mol. The van der Waals surface area contributed by atoms with Crippen molar-refractivity contribution >= 4 is 5.91 Å². The fourth-order valence-electron chi connectivity index (χ4n) is 3.70. The lowest BCUT2D eigenvalue weighted by molar-refractivity contribution is 0.0625. The first-order valence-corrected chi connectivity index (χ1v) is 8.06. The number of rotatable bonds is 1. The largest absolute Gasteiger partial charge is 0.332 e. The smallest absolute Gasteiger partial charge is 0.254 e. The van der Waals surface area contributed by atoms with E-state index in [-0.39, 0.29) is 16.9 Å². The zero-order chi connectivity index (χ0) is 15.1. The van der Waals surface area contributed by atoms with Gasteiger partial charge in [-0.15, -0.1) is 0 Å². The van der Waals surface area contributed by atoms with E-state index >= 15 is 0 Å². The van der Waals surface area contributed by atoms with Gasteiger partial charge in [-0.3, -0.25) is 4.79 Å². The maximum absolute atomic E-state index is 12.9. The highest BCUT2D eigenvalue weighted by molar-refractivity contribution is 5.95. The van der Waals surface area contributed by atoms with Crippen LogP contribution in [0.3, 0.4) is 0 Å². The Morgan fingerprint density at radius 1 is 1.19 bits per heavy atom. The molecule has 0 radical (unpaired) electrons.